The second-order valence-corrected chi connectivity index (χ2v) is 6.51. The van der Waals surface area contributed by atoms with Crippen molar-refractivity contribution in [2.24, 2.45) is 0 Å². The van der Waals surface area contributed by atoms with Gasteiger partial charge in [-0.2, -0.15) is 5.10 Å². The van der Waals surface area contributed by atoms with E-state index in [-0.39, 0.29) is 24.1 Å². The SMILES string of the molecule is CC(NC(=O)Cn1ncc2c(c1=O)CCNC2)c1cc2ccccc2o1. The molecule has 3 heterocycles. The van der Waals surface area contributed by atoms with Crippen molar-refractivity contribution in [1.29, 1.82) is 0 Å². The van der Waals surface area contributed by atoms with Crippen LogP contribution < -0.4 is 16.2 Å². The van der Waals surface area contributed by atoms with Crippen molar-refractivity contribution in [3.8, 4) is 0 Å². The molecular weight excluding hydrogens is 332 g/mol. The number of nitrogens with one attached hydrogen (secondary N) is 2. The minimum absolute atomic E-state index is 0.107. The molecular formula is C19H20N4O3. The highest BCUT2D eigenvalue weighted by Crippen LogP contribution is 2.23. The van der Waals surface area contributed by atoms with E-state index >= 15 is 0 Å². The highest BCUT2D eigenvalue weighted by molar-refractivity contribution is 5.79. The van der Waals surface area contributed by atoms with Crippen molar-refractivity contribution in [3.05, 3.63) is 63.8 Å². The van der Waals surface area contributed by atoms with Crippen LogP contribution in [0.25, 0.3) is 11.0 Å². The Hall–Kier alpha value is -2.93. The maximum absolute atomic E-state index is 12.5. The van der Waals surface area contributed by atoms with E-state index in [2.05, 4.69) is 15.7 Å². The van der Waals surface area contributed by atoms with Gasteiger partial charge in [0.25, 0.3) is 5.56 Å². The Morgan fingerprint density at radius 3 is 3.12 bits per heavy atom. The van der Waals surface area contributed by atoms with E-state index < -0.39 is 0 Å². The Morgan fingerprint density at radius 2 is 2.27 bits per heavy atom. The topological polar surface area (TPSA) is 89.2 Å². The Balaban J connectivity index is 1.47. The quantitative estimate of drug-likeness (QED) is 0.743. The molecule has 7 nitrogen and oxygen atoms in total. The zero-order valence-electron chi connectivity index (χ0n) is 14.5. The zero-order chi connectivity index (χ0) is 18.1. The molecule has 1 amide bonds. The summed E-state index contributed by atoms with van der Waals surface area (Å²) in [6, 6.07) is 9.31. The number of benzene rings is 1. The van der Waals surface area contributed by atoms with E-state index in [9.17, 15) is 9.59 Å². The Morgan fingerprint density at radius 1 is 1.42 bits per heavy atom. The average Bonchev–Trinajstić information content (AvgIpc) is 3.09. The van der Waals surface area contributed by atoms with Gasteiger partial charge >= 0.3 is 0 Å². The molecule has 0 bridgehead atoms. The average molecular weight is 352 g/mol. The summed E-state index contributed by atoms with van der Waals surface area (Å²) in [5.41, 5.74) is 2.26. The molecule has 0 radical (unpaired) electrons. The molecule has 2 N–H and O–H groups in total. The van der Waals surface area contributed by atoms with Crippen LogP contribution >= 0.6 is 0 Å². The van der Waals surface area contributed by atoms with Gasteiger partial charge in [0.1, 0.15) is 17.9 Å². The normalized spacial score (nSPS) is 14.8. The predicted octanol–water partition coefficient (Wildman–Crippen LogP) is 1.51. The van der Waals surface area contributed by atoms with Crippen LogP contribution in [0.1, 0.15) is 29.9 Å². The number of nitrogens with zero attached hydrogens (tertiary/aromatic N) is 2. The molecule has 2 aromatic heterocycles. The molecule has 4 rings (SSSR count). The van der Waals surface area contributed by atoms with Gasteiger partial charge < -0.3 is 15.1 Å². The van der Waals surface area contributed by atoms with E-state index in [1.54, 1.807) is 6.20 Å². The summed E-state index contributed by atoms with van der Waals surface area (Å²) < 4.78 is 7.00. The minimum atomic E-state index is -0.299. The predicted molar refractivity (Wildman–Crippen MR) is 96.7 cm³/mol. The van der Waals surface area contributed by atoms with Crippen LogP contribution in [0.5, 0.6) is 0 Å². The van der Waals surface area contributed by atoms with E-state index in [0.29, 0.717) is 18.7 Å². The van der Waals surface area contributed by atoms with Crippen molar-refractivity contribution >= 4 is 16.9 Å². The third-order valence-electron chi connectivity index (χ3n) is 4.64. The van der Waals surface area contributed by atoms with E-state index in [1.807, 2.05) is 37.3 Å². The number of furan rings is 1. The molecule has 1 aromatic carbocycles. The molecule has 1 aliphatic heterocycles. The van der Waals surface area contributed by atoms with E-state index in [0.717, 1.165) is 28.6 Å². The van der Waals surface area contributed by atoms with Crippen LogP contribution in [0.2, 0.25) is 0 Å². The summed E-state index contributed by atoms with van der Waals surface area (Å²) in [5.74, 6) is 0.401. The van der Waals surface area contributed by atoms with Crippen LogP contribution in [-0.4, -0.2) is 22.2 Å². The third kappa shape index (κ3) is 3.13. The highest BCUT2D eigenvalue weighted by atomic mass is 16.3. The molecule has 1 atom stereocenters. The number of carbonyl (C=O) groups excluding carboxylic acids is 1. The molecule has 26 heavy (non-hydrogen) atoms. The number of amides is 1. The van der Waals surface area contributed by atoms with Gasteiger partial charge in [0.15, 0.2) is 0 Å². The maximum Gasteiger partial charge on any atom is 0.270 e. The fraction of sp³-hybridized carbons (Fsp3) is 0.316. The van der Waals surface area contributed by atoms with Gasteiger partial charge in [-0.3, -0.25) is 9.59 Å². The molecule has 1 aliphatic rings. The molecule has 134 valence electrons. The summed E-state index contributed by atoms with van der Waals surface area (Å²) in [5, 5.41) is 11.2. The molecule has 0 aliphatic carbocycles. The van der Waals surface area contributed by atoms with Crippen molar-refractivity contribution in [1.82, 2.24) is 20.4 Å². The summed E-state index contributed by atoms with van der Waals surface area (Å²) in [4.78, 5) is 24.9. The number of fused-ring (bicyclic) bond motifs is 2. The van der Waals surface area contributed by atoms with Crippen LogP contribution in [0.3, 0.4) is 0 Å². The number of hydrogen-bond acceptors (Lipinski definition) is 5. The number of rotatable bonds is 4. The van der Waals surface area contributed by atoms with Crippen molar-refractivity contribution in [2.75, 3.05) is 6.54 Å². The van der Waals surface area contributed by atoms with E-state index in [1.165, 1.54) is 4.68 Å². The van der Waals surface area contributed by atoms with Gasteiger partial charge in [-0.15, -0.1) is 0 Å². The first-order chi connectivity index (χ1) is 12.6. The van der Waals surface area contributed by atoms with Crippen molar-refractivity contribution < 1.29 is 9.21 Å². The number of aromatic nitrogens is 2. The maximum atomic E-state index is 12.5. The first kappa shape index (κ1) is 16.5. The van der Waals surface area contributed by atoms with E-state index in [4.69, 9.17) is 4.42 Å². The molecule has 1 unspecified atom stereocenters. The van der Waals surface area contributed by atoms with Crippen LogP contribution in [-0.2, 0) is 24.3 Å². The number of para-hydroxylation sites is 1. The lowest BCUT2D eigenvalue weighted by Gasteiger charge is -2.17. The summed E-state index contributed by atoms with van der Waals surface area (Å²) in [6.07, 6.45) is 2.33. The highest BCUT2D eigenvalue weighted by Gasteiger charge is 2.18. The fourth-order valence-corrected chi connectivity index (χ4v) is 3.24. The molecule has 7 heteroatoms. The second-order valence-electron chi connectivity index (χ2n) is 6.51. The van der Waals surface area contributed by atoms with Gasteiger partial charge in [-0.05, 0) is 37.6 Å². The minimum Gasteiger partial charge on any atom is -0.459 e. The lowest BCUT2D eigenvalue weighted by atomic mass is 10.1. The molecule has 0 fully saturated rings. The Labute approximate surface area is 150 Å². The first-order valence-electron chi connectivity index (χ1n) is 8.68. The molecule has 0 saturated heterocycles. The third-order valence-corrected chi connectivity index (χ3v) is 4.64. The van der Waals surface area contributed by atoms with Crippen LogP contribution in [0.4, 0.5) is 0 Å². The summed E-state index contributed by atoms with van der Waals surface area (Å²) in [6.45, 7) is 3.16. The smallest absolute Gasteiger partial charge is 0.270 e. The fourth-order valence-electron chi connectivity index (χ4n) is 3.24. The number of carbonyl (C=O) groups is 1. The Bertz CT molecular complexity index is 988. The summed E-state index contributed by atoms with van der Waals surface area (Å²) in [7, 11) is 0. The van der Waals surface area contributed by atoms with Gasteiger partial charge in [-0.1, -0.05) is 18.2 Å². The van der Waals surface area contributed by atoms with Crippen molar-refractivity contribution in [2.45, 2.75) is 32.5 Å². The first-order valence-corrected chi connectivity index (χ1v) is 8.68. The molecule has 0 spiro atoms. The molecule has 0 saturated carbocycles. The van der Waals surface area contributed by atoms with Gasteiger partial charge in [0, 0.05) is 17.5 Å². The van der Waals surface area contributed by atoms with Gasteiger partial charge in [-0.25, -0.2) is 4.68 Å². The summed E-state index contributed by atoms with van der Waals surface area (Å²) >= 11 is 0. The zero-order valence-corrected chi connectivity index (χ0v) is 14.5. The van der Waals surface area contributed by atoms with Crippen LogP contribution in [0, 0.1) is 0 Å². The Kier molecular flexibility index (Phi) is 4.30. The van der Waals surface area contributed by atoms with Gasteiger partial charge in [0.05, 0.1) is 12.2 Å². The van der Waals surface area contributed by atoms with Gasteiger partial charge in [0.2, 0.25) is 5.91 Å². The lowest BCUT2D eigenvalue weighted by molar-refractivity contribution is -0.122. The molecule has 3 aromatic rings. The van der Waals surface area contributed by atoms with Crippen LogP contribution in [0.15, 0.2) is 45.7 Å². The monoisotopic (exact) mass is 352 g/mol. The standard InChI is InChI=1S/C19H20N4O3/c1-12(17-8-13-4-2-3-5-16(13)26-17)22-18(24)11-23-19(25)15-6-7-20-9-14(15)10-21-23/h2-5,8,10,12,20H,6-7,9,11H2,1H3,(H,22,24). The largest absolute Gasteiger partial charge is 0.459 e. The number of hydrogen-bond donors (Lipinski definition) is 2. The lowest BCUT2D eigenvalue weighted by Crippen LogP contribution is -2.38. The second kappa shape index (κ2) is 6.76. The van der Waals surface area contributed by atoms with Crippen molar-refractivity contribution in [3.63, 3.8) is 0 Å².